The van der Waals surface area contributed by atoms with E-state index in [1.807, 2.05) is 0 Å². The molecule has 0 spiro atoms. The van der Waals surface area contributed by atoms with Gasteiger partial charge in [0.2, 0.25) is 0 Å². The molecule has 3 rings (SSSR count). The summed E-state index contributed by atoms with van der Waals surface area (Å²) < 4.78 is 5.17. The number of hydrogen-bond acceptors (Lipinski definition) is 2. The van der Waals surface area contributed by atoms with Crippen molar-refractivity contribution >= 4 is 0 Å². The summed E-state index contributed by atoms with van der Waals surface area (Å²) in [5.74, 6) is 1.92. The molecule has 2 heteroatoms. The van der Waals surface area contributed by atoms with Crippen molar-refractivity contribution in [3.8, 4) is 0 Å². The van der Waals surface area contributed by atoms with Crippen LogP contribution >= 0.6 is 0 Å². The molecule has 3 atom stereocenters. The third-order valence-corrected chi connectivity index (χ3v) is 5.70. The van der Waals surface area contributed by atoms with Gasteiger partial charge in [0.15, 0.2) is 0 Å². The van der Waals surface area contributed by atoms with Gasteiger partial charge in [-0.2, -0.15) is 0 Å². The van der Waals surface area contributed by atoms with E-state index in [0.29, 0.717) is 5.41 Å². The first-order valence-corrected chi connectivity index (χ1v) is 8.47. The van der Waals surface area contributed by atoms with Crippen molar-refractivity contribution in [3.05, 3.63) is 35.4 Å². The second kappa shape index (κ2) is 6.50. The Labute approximate surface area is 129 Å². The number of ether oxygens (including phenoxy) is 1. The molecule has 1 N–H and O–H groups in total. The molecular formula is C19H29NO. The van der Waals surface area contributed by atoms with Crippen LogP contribution in [0, 0.1) is 24.2 Å². The second-order valence-corrected chi connectivity index (χ2v) is 7.28. The lowest BCUT2D eigenvalue weighted by atomic mass is 9.69. The van der Waals surface area contributed by atoms with Crippen molar-refractivity contribution in [1.82, 2.24) is 5.32 Å². The Morgan fingerprint density at radius 3 is 2.90 bits per heavy atom. The van der Waals surface area contributed by atoms with Gasteiger partial charge in [-0.15, -0.1) is 0 Å². The molecule has 116 valence electrons. The van der Waals surface area contributed by atoms with Crippen LogP contribution in [0.25, 0.3) is 0 Å². The van der Waals surface area contributed by atoms with Crippen molar-refractivity contribution in [2.24, 2.45) is 17.3 Å². The Hall–Kier alpha value is -0.860. The topological polar surface area (TPSA) is 21.3 Å². The summed E-state index contributed by atoms with van der Waals surface area (Å²) in [5, 5.41) is 3.66. The molecule has 2 saturated carbocycles. The van der Waals surface area contributed by atoms with Gasteiger partial charge >= 0.3 is 0 Å². The lowest BCUT2D eigenvalue weighted by Gasteiger charge is -2.38. The van der Waals surface area contributed by atoms with Gasteiger partial charge in [-0.3, -0.25) is 0 Å². The van der Waals surface area contributed by atoms with E-state index in [1.54, 1.807) is 7.11 Å². The van der Waals surface area contributed by atoms with Gasteiger partial charge in [0.05, 0.1) is 6.61 Å². The van der Waals surface area contributed by atoms with E-state index < -0.39 is 0 Å². The van der Waals surface area contributed by atoms with Crippen molar-refractivity contribution in [1.29, 1.82) is 0 Å². The third kappa shape index (κ3) is 3.32. The maximum atomic E-state index is 5.17. The average Bonchev–Trinajstić information content (AvgIpc) is 3.05. The van der Waals surface area contributed by atoms with Crippen LogP contribution in [0.4, 0.5) is 0 Å². The first kappa shape index (κ1) is 15.1. The molecule has 0 heterocycles. The van der Waals surface area contributed by atoms with E-state index in [1.165, 1.54) is 43.2 Å². The van der Waals surface area contributed by atoms with Crippen LogP contribution in [0.1, 0.15) is 36.8 Å². The Morgan fingerprint density at radius 2 is 2.24 bits per heavy atom. The van der Waals surface area contributed by atoms with Crippen molar-refractivity contribution in [2.45, 2.75) is 39.0 Å². The Balaban J connectivity index is 1.70. The van der Waals surface area contributed by atoms with Crippen molar-refractivity contribution in [2.75, 3.05) is 26.8 Å². The minimum absolute atomic E-state index is 0.491. The van der Waals surface area contributed by atoms with Crippen LogP contribution in [0.3, 0.4) is 0 Å². The maximum Gasteiger partial charge on any atom is 0.0587 e. The van der Waals surface area contributed by atoms with Gasteiger partial charge in [0, 0.05) is 20.2 Å². The van der Waals surface area contributed by atoms with E-state index in [9.17, 15) is 0 Å². The van der Waals surface area contributed by atoms with Crippen LogP contribution in [0.2, 0.25) is 0 Å². The molecule has 0 aliphatic heterocycles. The zero-order valence-electron chi connectivity index (χ0n) is 13.5. The van der Waals surface area contributed by atoms with E-state index in [2.05, 4.69) is 36.5 Å². The first-order valence-electron chi connectivity index (χ1n) is 8.47. The number of rotatable bonds is 7. The van der Waals surface area contributed by atoms with Gasteiger partial charge in [0.1, 0.15) is 0 Å². The Kier molecular flexibility index (Phi) is 4.66. The summed E-state index contributed by atoms with van der Waals surface area (Å²) in [4.78, 5) is 0. The number of benzene rings is 1. The molecule has 21 heavy (non-hydrogen) atoms. The molecule has 3 unspecified atom stereocenters. The number of hydrogen-bond donors (Lipinski definition) is 1. The van der Waals surface area contributed by atoms with Crippen molar-refractivity contribution in [3.63, 3.8) is 0 Å². The number of nitrogens with one attached hydrogen (secondary N) is 1. The number of aryl methyl sites for hydroxylation is 1. The van der Waals surface area contributed by atoms with Crippen LogP contribution < -0.4 is 5.32 Å². The van der Waals surface area contributed by atoms with Crippen LogP contribution in [0.15, 0.2) is 24.3 Å². The number of methoxy groups -OCH3 is 1. The molecular weight excluding hydrogens is 258 g/mol. The monoisotopic (exact) mass is 287 g/mol. The highest BCUT2D eigenvalue weighted by Gasteiger charge is 2.50. The minimum Gasteiger partial charge on any atom is -0.383 e. The zero-order chi connectivity index (χ0) is 14.7. The Bertz CT molecular complexity index is 472. The van der Waals surface area contributed by atoms with Crippen LogP contribution in [-0.4, -0.2) is 26.8 Å². The average molecular weight is 287 g/mol. The van der Waals surface area contributed by atoms with E-state index in [4.69, 9.17) is 4.74 Å². The van der Waals surface area contributed by atoms with E-state index in [0.717, 1.165) is 31.5 Å². The first-order chi connectivity index (χ1) is 10.2. The molecule has 1 aromatic rings. The quantitative estimate of drug-likeness (QED) is 0.774. The number of fused-ring (bicyclic) bond motifs is 2. The predicted octanol–water partition coefficient (Wildman–Crippen LogP) is 3.58. The van der Waals surface area contributed by atoms with Gasteiger partial charge < -0.3 is 10.1 Å². The second-order valence-electron chi connectivity index (χ2n) is 7.28. The summed E-state index contributed by atoms with van der Waals surface area (Å²) in [7, 11) is 1.78. The van der Waals surface area contributed by atoms with E-state index in [-0.39, 0.29) is 0 Å². The summed E-state index contributed by atoms with van der Waals surface area (Å²) in [6.45, 7) is 5.15. The third-order valence-electron chi connectivity index (χ3n) is 5.70. The standard InChI is InChI=1S/C19H29NO/c1-15-4-3-5-16(10-15)12-19(14-20-8-9-21-2)13-17-6-7-18(19)11-17/h3-5,10,17-18,20H,6-9,11-14H2,1-2H3. The predicted molar refractivity (Wildman–Crippen MR) is 87.5 cm³/mol. The van der Waals surface area contributed by atoms with E-state index >= 15 is 0 Å². The molecule has 2 fully saturated rings. The minimum atomic E-state index is 0.491. The largest absolute Gasteiger partial charge is 0.383 e. The highest BCUT2D eigenvalue weighted by atomic mass is 16.5. The molecule has 0 radical (unpaired) electrons. The van der Waals surface area contributed by atoms with Gasteiger partial charge in [-0.1, -0.05) is 36.2 Å². The molecule has 0 saturated heterocycles. The SMILES string of the molecule is COCCNCC1(Cc2cccc(C)c2)CC2CCC1C2. The van der Waals surface area contributed by atoms with Gasteiger partial charge in [-0.25, -0.2) is 0 Å². The molecule has 2 aliphatic carbocycles. The molecule has 2 aliphatic rings. The molecule has 0 amide bonds. The molecule has 1 aromatic carbocycles. The normalized spacial score (nSPS) is 31.0. The fourth-order valence-electron chi connectivity index (χ4n) is 4.79. The highest BCUT2D eigenvalue weighted by Crippen LogP contribution is 2.57. The fourth-order valence-corrected chi connectivity index (χ4v) is 4.79. The lowest BCUT2D eigenvalue weighted by Crippen LogP contribution is -2.41. The Morgan fingerprint density at radius 1 is 1.33 bits per heavy atom. The van der Waals surface area contributed by atoms with Crippen molar-refractivity contribution < 1.29 is 4.74 Å². The van der Waals surface area contributed by atoms with Crippen LogP contribution in [-0.2, 0) is 11.2 Å². The van der Waals surface area contributed by atoms with Gasteiger partial charge in [0.25, 0.3) is 0 Å². The maximum absolute atomic E-state index is 5.17. The zero-order valence-corrected chi connectivity index (χ0v) is 13.5. The smallest absolute Gasteiger partial charge is 0.0587 e. The van der Waals surface area contributed by atoms with Gasteiger partial charge in [-0.05, 0) is 55.4 Å². The summed E-state index contributed by atoms with van der Waals surface area (Å²) in [6.07, 6.45) is 7.06. The summed E-state index contributed by atoms with van der Waals surface area (Å²) in [6, 6.07) is 9.11. The molecule has 2 nitrogen and oxygen atoms in total. The molecule has 2 bridgehead atoms. The van der Waals surface area contributed by atoms with Crippen LogP contribution in [0.5, 0.6) is 0 Å². The summed E-state index contributed by atoms with van der Waals surface area (Å²) >= 11 is 0. The molecule has 0 aromatic heterocycles. The lowest BCUT2D eigenvalue weighted by molar-refractivity contribution is 0.145. The fraction of sp³-hybridized carbons (Fsp3) is 0.684. The summed E-state index contributed by atoms with van der Waals surface area (Å²) in [5.41, 5.74) is 3.40. The highest BCUT2D eigenvalue weighted by molar-refractivity contribution is 5.24.